The molecule has 4 amide bonds. The van der Waals surface area contributed by atoms with Crippen LogP contribution in [-0.4, -0.2) is 33.2 Å². The number of benzene rings is 4. The Balaban J connectivity index is 1.24. The summed E-state index contributed by atoms with van der Waals surface area (Å²) in [7, 11) is 0. The number of para-hydroxylation sites is 2. The second kappa shape index (κ2) is 10.6. The number of nitrogens with zero attached hydrogens (tertiary/aromatic N) is 3. The van der Waals surface area contributed by atoms with Gasteiger partial charge in [0.05, 0.1) is 17.4 Å². The first-order valence-electron chi connectivity index (χ1n) is 15.6. The normalized spacial score (nSPS) is 23.0. The molecule has 1 fully saturated rings. The lowest BCUT2D eigenvalue weighted by atomic mass is 9.53. The maximum atomic E-state index is 14.5. The van der Waals surface area contributed by atoms with Gasteiger partial charge in [0, 0.05) is 28.8 Å². The summed E-state index contributed by atoms with van der Waals surface area (Å²) < 4.78 is 0.774. The van der Waals surface area contributed by atoms with Crippen molar-refractivity contribution in [2.24, 2.45) is 11.8 Å². The number of amides is 4. The number of anilines is 1. The largest absolute Gasteiger partial charge is 0.321 e. The molecule has 5 aliphatic rings. The van der Waals surface area contributed by atoms with Gasteiger partial charge in [0.1, 0.15) is 16.1 Å². The molecule has 10 nitrogen and oxygen atoms in total. The Morgan fingerprint density at radius 1 is 0.735 bits per heavy atom. The van der Waals surface area contributed by atoms with Gasteiger partial charge >= 0.3 is 0 Å². The minimum atomic E-state index is -1.07. The van der Waals surface area contributed by atoms with Crippen LogP contribution in [0.25, 0.3) is 16.8 Å². The fourth-order valence-corrected chi connectivity index (χ4v) is 9.04. The lowest BCUT2D eigenvalue weighted by Crippen LogP contribution is -2.65. The van der Waals surface area contributed by atoms with Crippen LogP contribution in [0.4, 0.5) is 5.69 Å². The molecule has 1 aromatic heterocycles. The highest BCUT2D eigenvalue weighted by Gasteiger charge is 2.59. The topological polar surface area (TPSA) is 141 Å². The van der Waals surface area contributed by atoms with E-state index in [1.165, 1.54) is 4.57 Å². The molecule has 2 bridgehead atoms. The Morgan fingerprint density at radius 2 is 1.31 bits per heavy atom. The van der Waals surface area contributed by atoms with Crippen LogP contribution in [-0.2, 0) is 19.2 Å². The second-order valence-corrected chi connectivity index (χ2v) is 13.3. The van der Waals surface area contributed by atoms with Crippen LogP contribution in [0.2, 0.25) is 0 Å². The van der Waals surface area contributed by atoms with Crippen LogP contribution in [0.5, 0.6) is 0 Å². The van der Waals surface area contributed by atoms with Gasteiger partial charge in [-0.3, -0.25) is 34.0 Å². The van der Waals surface area contributed by atoms with Crippen LogP contribution in [0.1, 0.15) is 39.7 Å². The molecule has 10 rings (SSSR count). The molecule has 2 aliphatic heterocycles. The maximum absolute atomic E-state index is 14.5. The van der Waals surface area contributed by atoms with Crippen LogP contribution in [0.15, 0.2) is 108 Å². The van der Waals surface area contributed by atoms with Crippen molar-refractivity contribution in [2.45, 2.75) is 11.8 Å². The zero-order chi connectivity index (χ0) is 33.6. The fourth-order valence-electron chi connectivity index (χ4n) is 8.05. The zero-order valence-electron chi connectivity index (χ0n) is 25.4. The number of fused-ring (bicyclic) bond motifs is 1. The molecule has 5 aromatic rings. The van der Waals surface area contributed by atoms with Gasteiger partial charge < -0.3 is 5.32 Å². The second-order valence-electron chi connectivity index (χ2n) is 12.3. The van der Waals surface area contributed by atoms with Crippen molar-refractivity contribution in [3.05, 3.63) is 150 Å². The van der Waals surface area contributed by atoms with Gasteiger partial charge in [-0.2, -0.15) is 10.3 Å². The summed E-state index contributed by atoms with van der Waals surface area (Å²) in [5, 5.41) is 13.9. The number of carbonyl (C=O) groups excluding carboxylic acids is 4. The van der Waals surface area contributed by atoms with E-state index in [0.29, 0.717) is 33.3 Å². The Labute approximate surface area is 281 Å². The highest BCUT2D eigenvalue weighted by atomic mass is 32.1. The van der Waals surface area contributed by atoms with E-state index < -0.39 is 51.7 Å². The van der Waals surface area contributed by atoms with Gasteiger partial charge in [0.2, 0.25) is 5.91 Å². The van der Waals surface area contributed by atoms with Gasteiger partial charge in [0.25, 0.3) is 22.5 Å². The van der Waals surface area contributed by atoms with Gasteiger partial charge in [-0.05, 0) is 40.5 Å². The lowest BCUT2D eigenvalue weighted by Gasteiger charge is -2.52. The third kappa shape index (κ3) is 3.95. The molecule has 1 saturated heterocycles. The Morgan fingerprint density at radius 3 is 1.94 bits per heavy atom. The average Bonchev–Trinajstić information content (AvgIpc) is 3.64. The van der Waals surface area contributed by atoms with E-state index in [9.17, 15) is 29.2 Å². The molecule has 236 valence electrons. The van der Waals surface area contributed by atoms with Crippen molar-refractivity contribution in [3.63, 3.8) is 0 Å². The summed E-state index contributed by atoms with van der Waals surface area (Å²) >= 11 is 0.618. The molecule has 3 aliphatic carbocycles. The molecule has 3 heterocycles. The first-order valence-corrected chi connectivity index (χ1v) is 16.4. The molecule has 2 atom stereocenters. The lowest BCUT2D eigenvalue weighted by molar-refractivity contribution is -0.164. The first kappa shape index (κ1) is 28.8. The van der Waals surface area contributed by atoms with Crippen molar-refractivity contribution in [2.75, 3.05) is 5.32 Å². The van der Waals surface area contributed by atoms with Crippen LogP contribution >= 0.6 is 11.3 Å². The predicted molar refractivity (Wildman–Crippen MR) is 179 cm³/mol. The van der Waals surface area contributed by atoms with E-state index in [1.807, 2.05) is 54.6 Å². The van der Waals surface area contributed by atoms with Crippen molar-refractivity contribution < 1.29 is 19.2 Å². The molecule has 4 aromatic carbocycles. The van der Waals surface area contributed by atoms with Gasteiger partial charge in [-0.1, -0.05) is 96.3 Å². The van der Waals surface area contributed by atoms with E-state index in [2.05, 4.69) is 10.7 Å². The number of hydrazine groups is 1. The van der Waals surface area contributed by atoms with E-state index in [4.69, 9.17) is 0 Å². The molecular formula is C38H23N5O5S. The molecule has 11 heteroatoms. The molecule has 2 N–H and O–H groups in total. The summed E-state index contributed by atoms with van der Waals surface area (Å²) in [6.45, 7) is 0. The number of hydrogen-bond acceptors (Lipinski definition) is 7. The molecule has 49 heavy (non-hydrogen) atoms. The van der Waals surface area contributed by atoms with Crippen molar-refractivity contribution in [1.29, 1.82) is 5.26 Å². The molecular weight excluding hydrogens is 639 g/mol. The first-order chi connectivity index (χ1) is 23.9. The van der Waals surface area contributed by atoms with Crippen molar-refractivity contribution in [3.8, 4) is 11.8 Å². The minimum absolute atomic E-state index is 0.0268. The van der Waals surface area contributed by atoms with Crippen LogP contribution < -0.4 is 25.5 Å². The highest BCUT2D eigenvalue weighted by Crippen LogP contribution is 2.59. The molecule has 0 radical (unpaired) electrons. The monoisotopic (exact) mass is 661 g/mol. The van der Waals surface area contributed by atoms with Crippen molar-refractivity contribution in [1.82, 2.24) is 15.0 Å². The number of aromatic nitrogens is 1. The predicted octanol–water partition coefficient (Wildman–Crippen LogP) is 2.65. The number of nitriles is 1. The third-order valence-corrected chi connectivity index (χ3v) is 10.9. The Kier molecular flexibility index (Phi) is 6.21. The summed E-state index contributed by atoms with van der Waals surface area (Å²) in [5.41, 5.74) is 7.35. The summed E-state index contributed by atoms with van der Waals surface area (Å²) in [6, 6.07) is 32.9. The summed E-state index contributed by atoms with van der Waals surface area (Å²) in [6.07, 6.45) is 0. The van der Waals surface area contributed by atoms with Gasteiger partial charge in [-0.15, -0.1) is 0 Å². The standard InChI is InChI=1S/C38H23N5O5S/c39-18-25(37-42(19-10-2-1-3-11-19)32(38(48)49-37)29-24-16-8-9-17-26(24)40-33(29)44)35(46)43-36(47)31-28-22-14-6-4-12-20(22)27(30(31)34(45)41-43)21-13-5-7-15-23(21)28/h1-17,27-28,30-31H,(H,40,44)(H,41,45). The third-order valence-electron chi connectivity index (χ3n) is 9.94. The van der Waals surface area contributed by atoms with E-state index >= 15 is 0 Å². The highest BCUT2D eigenvalue weighted by molar-refractivity contribution is 7.07. The molecule has 0 saturated carbocycles. The van der Waals surface area contributed by atoms with Crippen molar-refractivity contribution >= 4 is 51.8 Å². The van der Waals surface area contributed by atoms with E-state index in [1.54, 1.807) is 54.6 Å². The Hall–Kier alpha value is -6.38. The number of nitrogens with one attached hydrogen (secondary N) is 2. The van der Waals surface area contributed by atoms with Crippen LogP contribution in [0.3, 0.4) is 0 Å². The van der Waals surface area contributed by atoms with E-state index in [0.717, 1.165) is 22.3 Å². The molecule has 2 unspecified atom stereocenters. The zero-order valence-corrected chi connectivity index (χ0v) is 26.2. The number of rotatable bonds is 2. The SMILES string of the molecule is N#CC(C(=O)N1NC(=O)C2C3c4ccccc4C(c4ccccc43)C2C1=O)=c1sc(=O)c(=C2C(=O)Nc3ccccc32)n1-c1ccccc1. The molecule has 0 spiro atoms. The quantitative estimate of drug-likeness (QED) is 0.298. The summed E-state index contributed by atoms with van der Waals surface area (Å²) in [4.78, 5) is 70.0. The van der Waals surface area contributed by atoms with E-state index in [-0.39, 0.29) is 21.5 Å². The van der Waals surface area contributed by atoms with Gasteiger partial charge in [0.15, 0.2) is 5.57 Å². The number of carbonyl (C=O) groups is 4. The maximum Gasteiger partial charge on any atom is 0.293 e. The average molecular weight is 662 g/mol. The minimum Gasteiger partial charge on any atom is -0.321 e. The summed E-state index contributed by atoms with van der Waals surface area (Å²) in [5.74, 6) is -5.22. The fraction of sp³-hybridized carbons (Fsp3) is 0.105. The van der Waals surface area contributed by atoms with Crippen LogP contribution in [0, 0.1) is 23.2 Å². The smallest absolute Gasteiger partial charge is 0.293 e. The van der Waals surface area contributed by atoms with Gasteiger partial charge in [-0.25, -0.2) is 0 Å². The Bertz CT molecular complexity index is 2520. The number of imide groups is 1. The number of thiazole rings is 1. The number of hydrogen-bond donors (Lipinski definition) is 2.